The summed E-state index contributed by atoms with van der Waals surface area (Å²) in [5.74, 6) is 0.212. The molecular formula is C28H25FN4O4S. The lowest BCUT2D eigenvalue weighted by molar-refractivity contribution is -0.121. The Kier molecular flexibility index (Phi) is 7.41. The van der Waals surface area contributed by atoms with Gasteiger partial charge in [-0.3, -0.25) is 9.59 Å². The van der Waals surface area contributed by atoms with Gasteiger partial charge in [0.15, 0.2) is 5.17 Å². The molecule has 0 aromatic heterocycles. The van der Waals surface area contributed by atoms with Crippen molar-refractivity contribution in [1.82, 2.24) is 5.01 Å². The molecule has 3 aromatic carbocycles. The molecule has 8 nitrogen and oxygen atoms in total. The summed E-state index contributed by atoms with van der Waals surface area (Å²) in [5, 5.41) is 8.77. The lowest BCUT2D eigenvalue weighted by Gasteiger charge is -2.23. The summed E-state index contributed by atoms with van der Waals surface area (Å²) in [5.41, 5.74) is 2.61. The van der Waals surface area contributed by atoms with Gasteiger partial charge in [-0.25, -0.2) is 9.40 Å². The fourth-order valence-electron chi connectivity index (χ4n) is 4.32. The molecule has 2 aliphatic heterocycles. The van der Waals surface area contributed by atoms with Crippen LogP contribution in [0, 0.1) is 5.82 Å². The van der Waals surface area contributed by atoms with Crippen LogP contribution < -0.4 is 14.8 Å². The number of anilines is 1. The van der Waals surface area contributed by atoms with Crippen molar-refractivity contribution >= 4 is 40.1 Å². The quantitative estimate of drug-likeness (QED) is 0.459. The van der Waals surface area contributed by atoms with E-state index in [1.54, 1.807) is 61.7 Å². The third-order valence-corrected chi connectivity index (χ3v) is 7.39. The summed E-state index contributed by atoms with van der Waals surface area (Å²) >= 11 is 1.16. The lowest BCUT2D eigenvalue weighted by Crippen LogP contribution is -2.25. The van der Waals surface area contributed by atoms with Crippen molar-refractivity contribution in [3.05, 3.63) is 89.7 Å². The van der Waals surface area contributed by atoms with Crippen LogP contribution in [0.5, 0.6) is 11.5 Å². The smallest absolute Gasteiger partial charge is 0.262 e. The number of carbonyl (C=O) groups is 2. The van der Waals surface area contributed by atoms with E-state index in [9.17, 15) is 14.0 Å². The number of nitrogens with one attached hydrogen (secondary N) is 1. The lowest BCUT2D eigenvalue weighted by atomic mass is 9.98. The molecule has 0 bridgehead atoms. The molecule has 3 aromatic rings. The number of benzene rings is 3. The average molecular weight is 533 g/mol. The van der Waals surface area contributed by atoms with Crippen molar-refractivity contribution in [2.45, 2.75) is 24.1 Å². The fourth-order valence-corrected chi connectivity index (χ4v) is 5.38. The van der Waals surface area contributed by atoms with Gasteiger partial charge in [0.2, 0.25) is 5.91 Å². The van der Waals surface area contributed by atoms with Gasteiger partial charge in [0.05, 0.1) is 26.0 Å². The van der Waals surface area contributed by atoms with Gasteiger partial charge in [-0.2, -0.15) is 10.1 Å². The summed E-state index contributed by atoms with van der Waals surface area (Å²) in [6, 6.07) is 20.4. The third kappa shape index (κ3) is 5.40. The number of rotatable bonds is 7. The first-order chi connectivity index (χ1) is 18.4. The van der Waals surface area contributed by atoms with Gasteiger partial charge in [-0.05, 0) is 48.0 Å². The molecule has 0 radical (unpaired) electrons. The number of hydrogen-bond acceptors (Lipinski definition) is 7. The van der Waals surface area contributed by atoms with Crippen LogP contribution in [-0.2, 0) is 9.59 Å². The van der Waals surface area contributed by atoms with Crippen LogP contribution in [0.2, 0.25) is 0 Å². The molecule has 2 atom stereocenters. The Morgan fingerprint density at radius 1 is 1.05 bits per heavy atom. The maximum atomic E-state index is 14.8. The maximum Gasteiger partial charge on any atom is 0.262 e. The highest BCUT2D eigenvalue weighted by Gasteiger charge is 2.39. The van der Waals surface area contributed by atoms with E-state index in [1.807, 2.05) is 24.3 Å². The number of aliphatic imine (C=N–C) groups is 1. The van der Waals surface area contributed by atoms with E-state index >= 15 is 0 Å². The van der Waals surface area contributed by atoms with Gasteiger partial charge in [-0.15, -0.1) is 0 Å². The molecular weight excluding hydrogens is 507 g/mol. The van der Waals surface area contributed by atoms with Crippen LogP contribution in [0.4, 0.5) is 10.1 Å². The van der Waals surface area contributed by atoms with Crippen molar-refractivity contribution in [2.24, 2.45) is 10.1 Å². The number of hydrogen-bond donors (Lipinski definition) is 1. The molecule has 2 amide bonds. The molecule has 10 heteroatoms. The van der Waals surface area contributed by atoms with Crippen molar-refractivity contribution in [2.75, 3.05) is 19.5 Å². The molecule has 1 N–H and O–H groups in total. The number of methoxy groups -OCH3 is 2. The van der Waals surface area contributed by atoms with Crippen LogP contribution in [0.15, 0.2) is 82.9 Å². The zero-order valence-electron chi connectivity index (χ0n) is 20.8. The minimum atomic E-state index is -0.711. The first-order valence-corrected chi connectivity index (χ1v) is 12.8. The molecule has 0 aliphatic carbocycles. The second kappa shape index (κ2) is 11.1. The molecule has 0 spiro atoms. The summed E-state index contributed by atoms with van der Waals surface area (Å²) in [7, 11) is 3.14. The minimum absolute atomic E-state index is 0.0685. The average Bonchev–Trinajstić information content (AvgIpc) is 3.53. The van der Waals surface area contributed by atoms with Gasteiger partial charge in [-0.1, -0.05) is 36.0 Å². The van der Waals surface area contributed by atoms with Crippen molar-refractivity contribution in [3.8, 4) is 11.5 Å². The van der Waals surface area contributed by atoms with Crippen LogP contribution >= 0.6 is 11.8 Å². The van der Waals surface area contributed by atoms with Gasteiger partial charge in [0.1, 0.15) is 22.6 Å². The Balaban J connectivity index is 1.35. The Labute approximate surface area is 223 Å². The van der Waals surface area contributed by atoms with Crippen LogP contribution in [-0.4, -0.2) is 47.2 Å². The standard InChI is InChI=1S/C28H25FN4O4S/c1-36-19-12-10-17(11-13-19)23-15-24(21-8-3-4-9-22(21)29)33(32-23)28-31-27(35)25(38-28)16-26(34)30-18-6-5-7-20(14-18)37-2/h3-14,24-25H,15-16H2,1-2H3,(H,30,34)/t24-,25-/m1/s1. The number of amides is 2. The molecule has 194 valence electrons. The normalized spacial score (nSPS) is 18.7. The predicted molar refractivity (Wildman–Crippen MR) is 145 cm³/mol. The molecule has 5 rings (SSSR count). The van der Waals surface area contributed by atoms with Crippen molar-refractivity contribution < 1.29 is 23.5 Å². The van der Waals surface area contributed by atoms with E-state index in [1.165, 1.54) is 6.07 Å². The van der Waals surface area contributed by atoms with E-state index in [0.717, 1.165) is 23.0 Å². The van der Waals surface area contributed by atoms with Gasteiger partial charge in [0.25, 0.3) is 5.91 Å². The van der Waals surface area contributed by atoms with E-state index in [0.29, 0.717) is 34.3 Å². The Morgan fingerprint density at radius 2 is 1.82 bits per heavy atom. The largest absolute Gasteiger partial charge is 0.497 e. The highest BCUT2D eigenvalue weighted by Crippen LogP contribution is 2.39. The summed E-state index contributed by atoms with van der Waals surface area (Å²) < 4.78 is 25.3. The summed E-state index contributed by atoms with van der Waals surface area (Å²) in [6.45, 7) is 0. The fraction of sp³-hybridized carbons (Fsp3) is 0.214. The highest BCUT2D eigenvalue weighted by atomic mass is 32.2. The number of halogens is 1. The molecule has 0 saturated heterocycles. The Hall–Kier alpha value is -4.18. The van der Waals surface area contributed by atoms with Gasteiger partial charge in [0, 0.05) is 30.2 Å². The zero-order chi connectivity index (χ0) is 26.6. The number of amidine groups is 1. The third-order valence-electron chi connectivity index (χ3n) is 6.25. The molecule has 2 aliphatic rings. The minimum Gasteiger partial charge on any atom is -0.497 e. The second-order valence-corrected chi connectivity index (χ2v) is 9.85. The number of thioether (sulfide) groups is 1. The highest BCUT2D eigenvalue weighted by molar-refractivity contribution is 8.15. The number of ether oxygens (including phenoxy) is 2. The topological polar surface area (TPSA) is 92.6 Å². The molecule has 38 heavy (non-hydrogen) atoms. The van der Waals surface area contributed by atoms with Crippen LogP contribution in [0.1, 0.15) is 30.0 Å². The number of carbonyl (C=O) groups excluding carboxylic acids is 2. The number of hydrazone groups is 1. The number of nitrogens with zero attached hydrogens (tertiary/aromatic N) is 3. The molecule has 0 unspecified atom stereocenters. The molecule has 2 heterocycles. The van der Waals surface area contributed by atoms with Gasteiger partial charge >= 0.3 is 0 Å². The molecule has 0 fully saturated rings. The van der Waals surface area contributed by atoms with Crippen LogP contribution in [0.25, 0.3) is 0 Å². The van der Waals surface area contributed by atoms with Crippen molar-refractivity contribution in [3.63, 3.8) is 0 Å². The zero-order valence-corrected chi connectivity index (χ0v) is 21.6. The molecule has 0 saturated carbocycles. The predicted octanol–water partition coefficient (Wildman–Crippen LogP) is 5.02. The Bertz CT molecular complexity index is 1430. The Morgan fingerprint density at radius 3 is 2.55 bits per heavy atom. The summed E-state index contributed by atoms with van der Waals surface area (Å²) in [6.07, 6.45) is 0.350. The van der Waals surface area contributed by atoms with Crippen molar-refractivity contribution in [1.29, 1.82) is 0 Å². The van der Waals surface area contributed by atoms with E-state index < -0.39 is 17.2 Å². The van der Waals surface area contributed by atoms with Gasteiger partial charge < -0.3 is 14.8 Å². The van der Waals surface area contributed by atoms with E-state index in [-0.39, 0.29) is 18.1 Å². The first kappa shape index (κ1) is 25.5. The second-order valence-electron chi connectivity index (χ2n) is 8.68. The summed E-state index contributed by atoms with van der Waals surface area (Å²) in [4.78, 5) is 29.7. The maximum absolute atomic E-state index is 14.8. The monoisotopic (exact) mass is 532 g/mol. The van der Waals surface area contributed by atoms with E-state index in [2.05, 4.69) is 10.3 Å². The SMILES string of the molecule is COc1ccc(C2=NN(C3=NC(=O)[C@@H](CC(=O)Nc4cccc(OC)c4)S3)[C@@H](c3ccccc3F)C2)cc1. The van der Waals surface area contributed by atoms with E-state index in [4.69, 9.17) is 14.6 Å². The first-order valence-electron chi connectivity index (χ1n) is 11.9. The van der Waals surface area contributed by atoms with Crippen LogP contribution in [0.3, 0.4) is 0 Å².